The third-order valence-corrected chi connectivity index (χ3v) is 5.86. The summed E-state index contributed by atoms with van der Waals surface area (Å²) in [6.45, 7) is 3.76. The molecule has 0 radical (unpaired) electrons. The van der Waals surface area contributed by atoms with Crippen molar-refractivity contribution in [3.8, 4) is 0 Å². The minimum Gasteiger partial charge on any atom is -0.341 e. The second-order valence-electron chi connectivity index (χ2n) is 5.96. The van der Waals surface area contributed by atoms with Gasteiger partial charge < -0.3 is 4.90 Å². The van der Waals surface area contributed by atoms with Crippen LogP contribution in [-0.2, 0) is 20.0 Å². The lowest BCUT2D eigenvalue weighted by atomic mass is 9.83. The van der Waals surface area contributed by atoms with Gasteiger partial charge in [0.05, 0.1) is 16.9 Å². The predicted molar refractivity (Wildman–Crippen MR) is 79.3 cm³/mol. The number of carbonyl (C=O) groups is 1. The van der Waals surface area contributed by atoms with E-state index in [-0.39, 0.29) is 23.5 Å². The Morgan fingerprint density at radius 2 is 1.85 bits per heavy atom. The Morgan fingerprint density at radius 1 is 1.25 bits per heavy atom. The Balaban J connectivity index is 2.19. The molecule has 4 nitrogen and oxygen atoms in total. The standard InChI is InChI=1S/C15H21NO3S/c1-15(2,12-7-5-4-6-8-12)14(17)16(3)13-9-10-20(18,19)11-13/h4-8,13H,9-11H2,1-3H3. The number of carbonyl (C=O) groups excluding carboxylic acids is 1. The number of sulfone groups is 1. The van der Waals surface area contributed by atoms with Crippen LogP contribution < -0.4 is 0 Å². The van der Waals surface area contributed by atoms with E-state index >= 15 is 0 Å². The Bertz CT molecular complexity index is 593. The molecule has 1 aromatic carbocycles. The van der Waals surface area contributed by atoms with Gasteiger partial charge in [-0.15, -0.1) is 0 Å². The maximum atomic E-state index is 12.7. The van der Waals surface area contributed by atoms with Crippen LogP contribution in [0.1, 0.15) is 25.8 Å². The van der Waals surface area contributed by atoms with Crippen molar-refractivity contribution >= 4 is 15.7 Å². The molecule has 110 valence electrons. The van der Waals surface area contributed by atoms with E-state index in [4.69, 9.17) is 0 Å². The van der Waals surface area contributed by atoms with Gasteiger partial charge >= 0.3 is 0 Å². The van der Waals surface area contributed by atoms with E-state index < -0.39 is 15.3 Å². The highest BCUT2D eigenvalue weighted by Gasteiger charge is 2.38. The third-order valence-electron chi connectivity index (χ3n) is 4.11. The second kappa shape index (κ2) is 5.20. The summed E-state index contributed by atoms with van der Waals surface area (Å²) in [4.78, 5) is 14.3. The summed E-state index contributed by atoms with van der Waals surface area (Å²) in [6.07, 6.45) is 0.537. The maximum Gasteiger partial charge on any atom is 0.232 e. The maximum absolute atomic E-state index is 12.7. The summed E-state index contributed by atoms with van der Waals surface area (Å²) >= 11 is 0. The predicted octanol–water partition coefficient (Wildman–Crippen LogP) is 1.61. The average Bonchev–Trinajstić information content (AvgIpc) is 2.78. The molecule has 1 atom stereocenters. The Morgan fingerprint density at radius 3 is 2.35 bits per heavy atom. The van der Waals surface area contributed by atoms with E-state index in [1.165, 1.54) is 0 Å². The van der Waals surface area contributed by atoms with Crippen molar-refractivity contribution in [3.05, 3.63) is 35.9 Å². The molecule has 1 aliphatic rings. The molecule has 0 aliphatic carbocycles. The highest BCUT2D eigenvalue weighted by Crippen LogP contribution is 2.27. The van der Waals surface area contributed by atoms with Gasteiger partial charge in [0.2, 0.25) is 5.91 Å². The minimum atomic E-state index is -2.98. The fourth-order valence-corrected chi connectivity index (χ4v) is 4.44. The van der Waals surface area contributed by atoms with Crippen molar-refractivity contribution in [2.45, 2.75) is 31.7 Å². The van der Waals surface area contributed by atoms with E-state index in [0.29, 0.717) is 6.42 Å². The van der Waals surface area contributed by atoms with E-state index in [1.54, 1.807) is 11.9 Å². The van der Waals surface area contributed by atoms with Crippen LogP contribution in [0.2, 0.25) is 0 Å². The molecule has 0 saturated carbocycles. The molecule has 5 heteroatoms. The van der Waals surface area contributed by atoms with Crippen LogP contribution in [0.5, 0.6) is 0 Å². The highest BCUT2D eigenvalue weighted by atomic mass is 32.2. The summed E-state index contributed by atoms with van der Waals surface area (Å²) in [5.41, 5.74) is 0.292. The van der Waals surface area contributed by atoms with Gasteiger partial charge in [-0.2, -0.15) is 0 Å². The Hall–Kier alpha value is -1.36. The second-order valence-corrected chi connectivity index (χ2v) is 8.19. The number of hydrogen-bond acceptors (Lipinski definition) is 3. The van der Waals surface area contributed by atoms with E-state index in [1.807, 2.05) is 44.2 Å². The summed E-state index contributed by atoms with van der Waals surface area (Å²) in [7, 11) is -1.27. The summed E-state index contributed by atoms with van der Waals surface area (Å²) < 4.78 is 23.1. The van der Waals surface area contributed by atoms with Crippen molar-refractivity contribution in [1.82, 2.24) is 4.90 Å². The molecule has 1 saturated heterocycles. The van der Waals surface area contributed by atoms with Gasteiger partial charge in [0.1, 0.15) is 0 Å². The number of benzene rings is 1. The van der Waals surface area contributed by atoms with Gasteiger partial charge in [-0.25, -0.2) is 8.42 Å². The van der Waals surface area contributed by atoms with Crippen LogP contribution in [0.3, 0.4) is 0 Å². The first-order valence-corrected chi connectivity index (χ1v) is 8.59. The monoisotopic (exact) mass is 295 g/mol. The quantitative estimate of drug-likeness (QED) is 0.851. The van der Waals surface area contributed by atoms with Crippen molar-refractivity contribution < 1.29 is 13.2 Å². The van der Waals surface area contributed by atoms with Crippen LogP contribution in [-0.4, -0.2) is 43.8 Å². The van der Waals surface area contributed by atoms with Gasteiger partial charge in [-0.05, 0) is 25.8 Å². The van der Waals surface area contributed by atoms with Gasteiger partial charge in [-0.1, -0.05) is 30.3 Å². The van der Waals surface area contributed by atoms with Crippen molar-refractivity contribution in [2.24, 2.45) is 0 Å². The van der Waals surface area contributed by atoms with Crippen molar-refractivity contribution in [2.75, 3.05) is 18.6 Å². The molecule has 0 spiro atoms. The molecule has 1 aliphatic heterocycles. The van der Waals surface area contributed by atoms with Crippen LogP contribution >= 0.6 is 0 Å². The van der Waals surface area contributed by atoms with Gasteiger partial charge in [0, 0.05) is 13.1 Å². The molecular weight excluding hydrogens is 274 g/mol. The number of amides is 1. The zero-order chi connectivity index (χ0) is 15.0. The number of hydrogen-bond donors (Lipinski definition) is 0. The van der Waals surface area contributed by atoms with Crippen LogP contribution in [0, 0.1) is 0 Å². The molecule has 1 aromatic rings. The van der Waals surface area contributed by atoms with Gasteiger partial charge in [-0.3, -0.25) is 4.79 Å². The molecule has 1 fully saturated rings. The Kier molecular flexibility index (Phi) is 3.91. The lowest BCUT2D eigenvalue weighted by Crippen LogP contribution is -2.46. The summed E-state index contributed by atoms with van der Waals surface area (Å²) in [5, 5.41) is 0. The lowest BCUT2D eigenvalue weighted by molar-refractivity contribution is -0.136. The SMILES string of the molecule is CN(C(=O)C(C)(C)c1ccccc1)C1CCS(=O)(=O)C1. The fourth-order valence-electron chi connectivity index (χ4n) is 2.67. The molecule has 0 N–H and O–H groups in total. The van der Waals surface area contributed by atoms with Crippen LogP contribution in [0.4, 0.5) is 0 Å². The van der Waals surface area contributed by atoms with Gasteiger partial charge in [0.15, 0.2) is 9.84 Å². The smallest absolute Gasteiger partial charge is 0.232 e. The third kappa shape index (κ3) is 2.87. The largest absolute Gasteiger partial charge is 0.341 e. The summed E-state index contributed by atoms with van der Waals surface area (Å²) in [6, 6.07) is 9.39. The van der Waals surface area contributed by atoms with Crippen LogP contribution in [0.25, 0.3) is 0 Å². The van der Waals surface area contributed by atoms with E-state index in [0.717, 1.165) is 5.56 Å². The highest BCUT2D eigenvalue weighted by molar-refractivity contribution is 7.91. The molecule has 20 heavy (non-hydrogen) atoms. The number of rotatable bonds is 3. The first kappa shape index (κ1) is 15.0. The topological polar surface area (TPSA) is 54.5 Å². The van der Waals surface area contributed by atoms with E-state index in [2.05, 4.69) is 0 Å². The first-order valence-electron chi connectivity index (χ1n) is 6.77. The molecule has 1 amide bonds. The first-order chi connectivity index (χ1) is 9.24. The van der Waals surface area contributed by atoms with Crippen molar-refractivity contribution in [1.29, 1.82) is 0 Å². The normalized spacial score (nSPS) is 21.6. The molecular formula is C15H21NO3S. The number of likely N-dealkylation sites (N-methyl/N-ethyl adjacent to an activating group) is 1. The molecule has 0 bridgehead atoms. The number of nitrogens with zero attached hydrogens (tertiary/aromatic N) is 1. The fraction of sp³-hybridized carbons (Fsp3) is 0.533. The zero-order valence-corrected chi connectivity index (χ0v) is 13.0. The molecule has 0 aromatic heterocycles. The van der Waals surface area contributed by atoms with Gasteiger partial charge in [0.25, 0.3) is 0 Å². The molecule has 1 unspecified atom stereocenters. The Labute approximate surface area is 120 Å². The minimum absolute atomic E-state index is 0.0363. The lowest BCUT2D eigenvalue weighted by Gasteiger charge is -2.33. The van der Waals surface area contributed by atoms with Crippen LogP contribution in [0.15, 0.2) is 30.3 Å². The van der Waals surface area contributed by atoms with E-state index in [9.17, 15) is 13.2 Å². The zero-order valence-electron chi connectivity index (χ0n) is 12.2. The van der Waals surface area contributed by atoms with Crippen molar-refractivity contribution in [3.63, 3.8) is 0 Å². The molecule has 2 rings (SSSR count). The summed E-state index contributed by atoms with van der Waals surface area (Å²) in [5.74, 6) is 0.229. The average molecular weight is 295 g/mol. The molecule has 1 heterocycles.